The van der Waals surface area contributed by atoms with Gasteiger partial charge in [-0.15, -0.1) is 0 Å². The van der Waals surface area contributed by atoms with Crippen LogP contribution in [-0.2, 0) is 0 Å². The van der Waals surface area contributed by atoms with Crippen LogP contribution < -0.4 is 10.5 Å². The Labute approximate surface area is 122 Å². The van der Waals surface area contributed by atoms with Crippen LogP contribution in [0.2, 0.25) is 0 Å². The maximum Gasteiger partial charge on any atom is 0.141 e. The lowest BCUT2D eigenvalue weighted by Gasteiger charge is -2.24. The molecule has 1 unspecified atom stereocenters. The molecule has 0 aromatic heterocycles. The minimum Gasteiger partial charge on any atom is -0.496 e. The predicted molar refractivity (Wildman–Crippen MR) is 78.8 cm³/mol. The Morgan fingerprint density at radius 3 is 2.47 bits per heavy atom. The zero-order valence-electron chi connectivity index (χ0n) is 11.3. The van der Waals surface area contributed by atoms with Crippen molar-refractivity contribution in [2.24, 2.45) is 11.7 Å². The Bertz CT molecular complexity index is 430. The molecule has 1 fully saturated rings. The van der Waals surface area contributed by atoms with Gasteiger partial charge in [0.05, 0.1) is 11.6 Å². The molecular weight excluding hydrogens is 309 g/mol. The van der Waals surface area contributed by atoms with Crippen LogP contribution in [0.1, 0.15) is 50.1 Å². The summed E-state index contributed by atoms with van der Waals surface area (Å²) in [6.45, 7) is 0. The maximum atomic E-state index is 13.5. The summed E-state index contributed by atoms with van der Waals surface area (Å²) in [7, 11) is 1.56. The van der Waals surface area contributed by atoms with E-state index in [1.54, 1.807) is 13.2 Å². The molecule has 1 saturated carbocycles. The second-order valence-electron chi connectivity index (χ2n) is 5.29. The largest absolute Gasteiger partial charge is 0.496 e. The summed E-state index contributed by atoms with van der Waals surface area (Å²) in [6.07, 6.45) is 7.38. The van der Waals surface area contributed by atoms with Crippen molar-refractivity contribution in [1.82, 2.24) is 0 Å². The third-order valence-electron chi connectivity index (χ3n) is 4.04. The molecule has 1 aromatic carbocycles. The van der Waals surface area contributed by atoms with E-state index in [-0.39, 0.29) is 11.9 Å². The Hall–Kier alpha value is -0.610. The van der Waals surface area contributed by atoms with Crippen molar-refractivity contribution in [3.63, 3.8) is 0 Å². The predicted octanol–water partition coefficient (Wildman–Crippen LogP) is 4.57. The van der Waals surface area contributed by atoms with Crippen LogP contribution in [0.25, 0.3) is 0 Å². The van der Waals surface area contributed by atoms with Gasteiger partial charge in [-0.1, -0.05) is 25.7 Å². The molecule has 4 heteroatoms. The van der Waals surface area contributed by atoms with Crippen LogP contribution in [0.5, 0.6) is 5.75 Å². The summed E-state index contributed by atoms with van der Waals surface area (Å²) in [5.41, 5.74) is 7.32. The van der Waals surface area contributed by atoms with E-state index in [2.05, 4.69) is 15.9 Å². The minimum atomic E-state index is -0.311. The molecule has 1 atom stereocenters. The van der Waals surface area contributed by atoms with E-state index in [9.17, 15) is 4.39 Å². The second kappa shape index (κ2) is 6.71. The molecule has 2 N–H and O–H groups in total. The van der Waals surface area contributed by atoms with Gasteiger partial charge in [-0.3, -0.25) is 0 Å². The monoisotopic (exact) mass is 329 g/mol. The van der Waals surface area contributed by atoms with Crippen LogP contribution in [0, 0.1) is 11.7 Å². The van der Waals surface area contributed by atoms with E-state index in [1.165, 1.54) is 31.7 Å². The Morgan fingerprint density at radius 1 is 1.26 bits per heavy atom. The molecule has 1 aliphatic carbocycles. The van der Waals surface area contributed by atoms with Crippen LogP contribution in [0.15, 0.2) is 16.6 Å². The number of methoxy groups -OCH3 is 1. The highest BCUT2D eigenvalue weighted by molar-refractivity contribution is 9.10. The SMILES string of the molecule is COc1cc(F)c(Br)cc1C(N)C1CCCCCC1. The van der Waals surface area contributed by atoms with Gasteiger partial charge in [0.2, 0.25) is 0 Å². The van der Waals surface area contributed by atoms with Crippen LogP contribution in [-0.4, -0.2) is 7.11 Å². The summed E-state index contributed by atoms with van der Waals surface area (Å²) in [4.78, 5) is 0. The smallest absolute Gasteiger partial charge is 0.141 e. The molecule has 0 bridgehead atoms. The van der Waals surface area contributed by atoms with Crippen molar-refractivity contribution in [2.45, 2.75) is 44.6 Å². The quantitative estimate of drug-likeness (QED) is 0.824. The van der Waals surface area contributed by atoms with E-state index in [1.807, 2.05) is 0 Å². The van der Waals surface area contributed by atoms with Gasteiger partial charge in [0.25, 0.3) is 0 Å². The van der Waals surface area contributed by atoms with Gasteiger partial charge in [0.1, 0.15) is 11.6 Å². The standard InChI is InChI=1S/C15H21BrFNO/c1-19-14-9-13(17)12(16)8-11(14)15(18)10-6-4-2-3-5-7-10/h8-10,15H,2-7,18H2,1H3. The Kier molecular flexibility index (Phi) is 5.22. The van der Waals surface area contributed by atoms with Crippen LogP contribution in [0.4, 0.5) is 4.39 Å². The number of halogens is 2. The van der Waals surface area contributed by atoms with Gasteiger partial charge >= 0.3 is 0 Å². The lowest BCUT2D eigenvalue weighted by atomic mass is 9.87. The number of benzene rings is 1. The molecule has 0 amide bonds. The number of ether oxygens (including phenoxy) is 1. The van der Waals surface area contributed by atoms with E-state index in [0.717, 1.165) is 18.4 Å². The van der Waals surface area contributed by atoms with Gasteiger partial charge in [-0.25, -0.2) is 4.39 Å². The number of rotatable bonds is 3. The fourth-order valence-corrected chi connectivity index (χ4v) is 3.27. The van der Waals surface area contributed by atoms with E-state index in [0.29, 0.717) is 16.1 Å². The van der Waals surface area contributed by atoms with Gasteiger partial charge in [-0.2, -0.15) is 0 Å². The van der Waals surface area contributed by atoms with E-state index < -0.39 is 0 Å². The molecule has 0 aliphatic heterocycles. The number of hydrogen-bond acceptors (Lipinski definition) is 2. The topological polar surface area (TPSA) is 35.2 Å². The lowest BCUT2D eigenvalue weighted by Crippen LogP contribution is -2.22. The van der Waals surface area contributed by atoms with E-state index >= 15 is 0 Å². The number of hydrogen-bond donors (Lipinski definition) is 1. The maximum absolute atomic E-state index is 13.5. The highest BCUT2D eigenvalue weighted by Crippen LogP contribution is 2.37. The van der Waals surface area contributed by atoms with Crippen molar-refractivity contribution in [1.29, 1.82) is 0 Å². The molecule has 2 rings (SSSR count). The molecule has 0 saturated heterocycles. The highest BCUT2D eigenvalue weighted by Gasteiger charge is 2.24. The molecule has 0 heterocycles. The molecule has 106 valence electrons. The summed E-state index contributed by atoms with van der Waals surface area (Å²) in [5, 5.41) is 0. The average Bonchev–Trinajstić information content (AvgIpc) is 2.69. The van der Waals surface area contributed by atoms with Gasteiger partial charge in [0, 0.05) is 17.7 Å². The first-order valence-electron chi connectivity index (χ1n) is 6.92. The second-order valence-corrected chi connectivity index (χ2v) is 6.14. The first-order valence-corrected chi connectivity index (χ1v) is 7.71. The van der Waals surface area contributed by atoms with Crippen molar-refractivity contribution < 1.29 is 9.13 Å². The molecule has 1 aliphatic rings. The van der Waals surface area contributed by atoms with Gasteiger partial charge in [-0.05, 0) is 40.8 Å². The zero-order chi connectivity index (χ0) is 13.8. The summed E-state index contributed by atoms with van der Waals surface area (Å²) >= 11 is 3.23. The summed E-state index contributed by atoms with van der Waals surface area (Å²) < 4.78 is 19.3. The third kappa shape index (κ3) is 3.48. The minimum absolute atomic E-state index is 0.0788. The van der Waals surface area contributed by atoms with Crippen molar-refractivity contribution in [2.75, 3.05) is 7.11 Å². The van der Waals surface area contributed by atoms with Gasteiger partial charge in [0.15, 0.2) is 0 Å². The molecule has 1 aromatic rings. The normalized spacial score (nSPS) is 18.9. The Balaban J connectivity index is 2.26. The first kappa shape index (κ1) is 14.8. The Morgan fingerprint density at radius 2 is 1.89 bits per heavy atom. The third-order valence-corrected chi connectivity index (χ3v) is 4.65. The highest BCUT2D eigenvalue weighted by atomic mass is 79.9. The molecular formula is C15H21BrFNO. The summed E-state index contributed by atoms with van der Waals surface area (Å²) in [5.74, 6) is 0.708. The van der Waals surface area contributed by atoms with Crippen LogP contribution in [0.3, 0.4) is 0 Å². The van der Waals surface area contributed by atoms with Crippen LogP contribution >= 0.6 is 15.9 Å². The van der Waals surface area contributed by atoms with Crippen molar-refractivity contribution >= 4 is 15.9 Å². The van der Waals surface area contributed by atoms with Crippen molar-refractivity contribution in [3.8, 4) is 5.75 Å². The van der Waals surface area contributed by atoms with E-state index in [4.69, 9.17) is 10.5 Å². The summed E-state index contributed by atoms with van der Waals surface area (Å²) in [6, 6.07) is 3.10. The molecule has 0 spiro atoms. The average molecular weight is 330 g/mol. The molecule has 0 radical (unpaired) electrons. The zero-order valence-corrected chi connectivity index (χ0v) is 12.9. The number of nitrogens with two attached hydrogens (primary N) is 1. The first-order chi connectivity index (χ1) is 9.13. The molecule has 2 nitrogen and oxygen atoms in total. The fourth-order valence-electron chi connectivity index (χ4n) is 2.91. The fraction of sp³-hybridized carbons (Fsp3) is 0.600. The lowest BCUT2D eigenvalue weighted by molar-refractivity contribution is 0.357. The molecule has 19 heavy (non-hydrogen) atoms. The van der Waals surface area contributed by atoms with Gasteiger partial charge < -0.3 is 10.5 Å². The van der Waals surface area contributed by atoms with Crippen molar-refractivity contribution in [3.05, 3.63) is 28.0 Å².